The Kier molecular flexibility index (Phi) is 8.22. The van der Waals surface area contributed by atoms with Crippen LogP contribution in [0.25, 0.3) is 0 Å². The predicted molar refractivity (Wildman–Crippen MR) is 131 cm³/mol. The molecule has 0 heterocycles. The number of hydrogen-bond donors (Lipinski definition) is 2. The van der Waals surface area contributed by atoms with Gasteiger partial charge in [0.05, 0.1) is 23.2 Å². The van der Waals surface area contributed by atoms with Crippen molar-refractivity contribution >= 4 is 28.1 Å². The monoisotopic (exact) mass is 485 g/mol. The molecule has 1 saturated carbocycles. The van der Waals surface area contributed by atoms with E-state index in [1.807, 2.05) is 19.1 Å². The van der Waals surface area contributed by atoms with E-state index in [0.29, 0.717) is 16.7 Å². The fourth-order valence-electron chi connectivity index (χ4n) is 4.54. The van der Waals surface area contributed by atoms with Crippen molar-refractivity contribution in [2.24, 2.45) is 5.10 Å². The van der Waals surface area contributed by atoms with Gasteiger partial charge in [0.2, 0.25) is 10.0 Å². The lowest BCUT2D eigenvalue weighted by Crippen LogP contribution is -2.46. The van der Waals surface area contributed by atoms with Crippen LogP contribution in [-0.4, -0.2) is 48.5 Å². The highest BCUT2D eigenvalue weighted by molar-refractivity contribution is 7.89. The molecule has 3 rings (SSSR count). The van der Waals surface area contributed by atoms with E-state index in [1.165, 1.54) is 22.7 Å². The largest absolute Gasteiger partial charge is 0.478 e. The molecule has 1 fully saturated rings. The van der Waals surface area contributed by atoms with Crippen molar-refractivity contribution in [3.05, 3.63) is 64.2 Å². The van der Waals surface area contributed by atoms with Crippen LogP contribution in [0.15, 0.2) is 46.4 Å². The number of sulfonamides is 1. The number of amides is 1. The van der Waals surface area contributed by atoms with Gasteiger partial charge in [-0.05, 0) is 62.4 Å². The van der Waals surface area contributed by atoms with Crippen LogP contribution in [-0.2, 0) is 14.8 Å². The molecular weight excluding hydrogens is 454 g/mol. The molecule has 182 valence electrons. The molecule has 2 aromatic rings. The minimum Gasteiger partial charge on any atom is -0.478 e. The summed E-state index contributed by atoms with van der Waals surface area (Å²) in [7, 11) is -3.90. The first-order chi connectivity index (χ1) is 16.1. The Morgan fingerprint density at radius 2 is 1.65 bits per heavy atom. The van der Waals surface area contributed by atoms with Crippen molar-refractivity contribution in [1.29, 1.82) is 0 Å². The molecule has 0 spiro atoms. The van der Waals surface area contributed by atoms with Crippen LogP contribution >= 0.6 is 0 Å². The van der Waals surface area contributed by atoms with Gasteiger partial charge in [0.1, 0.15) is 0 Å². The zero-order valence-electron chi connectivity index (χ0n) is 19.7. The highest BCUT2D eigenvalue weighted by Crippen LogP contribution is 2.31. The zero-order valence-corrected chi connectivity index (χ0v) is 20.6. The number of aromatic carboxylic acids is 1. The summed E-state index contributed by atoms with van der Waals surface area (Å²) < 4.78 is 28.9. The Bertz CT molecular complexity index is 1160. The maximum atomic E-state index is 13.8. The number of aryl methyl sites for hydroxylation is 3. The second kappa shape index (κ2) is 10.9. The number of nitrogens with one attached hydrogen (secondary N) is 1. The average molecular weight is 486 g/mol. The average Bonchev–Trinajstić information content (AvgIpc) is 2.77. The maximum Gasteiger partial charge on any atom is 0.335 e. The lowest BCUT2D eigenvalue weighted by atomic mass is 9.95. The molecule has 2 aromatic carbocycles. The molecule has 2 N–H and O–H groups in total. The zero-order chi connectivity index (χ0) is 24.9. The van der Waals surface area contributed by atoms with Gasteiger partial charge in [0, 0.05) is 6.04 Å². The second-order valence-electron chi connectivity index (χ2n) is 8.79. The fraction of sp³-hybridized carbons (Fsp3) is 0.400. The van der Waals surface area contributed by atoms with Crippen LogP contribution in [0.3, 0.4) is 0 Å². The lowest BCUT2D eigenvalue weighted by molar-refractivity contribution is -0.121. The van der Waals surface area contributed by atoms with Gasteiger partial charge in [0.25, 0.3) is 5.91 Å². The van der Waals surface area contributed by atoms with Gasteiger partial charge < -0.3 is 5.11 Å². The Morgan fingerprint density at radius 1 is 1.06 bits per heavy atom. The summed E-state index contributed by atoms with van der Waals surface area (Å²) in [4.78, 5) is 23.9. The number of benzene rings is 2. The summed E-state index contributed by atoms with van der Waals surface area (Å²) in [6, 6.07) is 9.47. The van der Waals surface area contributed by atoms with E-state index < -0.39 is 21.9 Å². The quantitative estimate of drug-likeness (QED) is 0.436. The summed E-state index contributed by atoms with van der Waals surface area (Å²) in [5.74, 6) is -1.56. The molecule has 34 heavy (non-hydrogen) atoms. The number of carbonyl (C=O) groups excluding carboxylic acids is 1. The highest BCUT2D eigenvalue weighted by atomic mass is 32.2. The van der Waals surface area contributed by atoms with Crippen molar-refractivity contribution in [2.75, 3.05) is 6.54 Å². The number of carboxylic acid groups (broad SMARTS) is 1. The summed E-state index contributed by atoms with van der Waals surface area (Å²) in [6.07, 6.45) is 5.73. The minimum atomic E-state index is -3.90. The van der Waals surface area contributed by atoms with Crippen LogP contribution in [0.1, 0.15) is 64.7 Å². The third kappa shape index (κ3) is 6.09. The van der Waals surface area contributed by atoms with E-state index in [1.54, 1.807) is 26.0 Å². The van der Waals surface area contributed by atoms with Crippen molar-refractivity contribution < 1.29 is 23.1 Å². The Hall–Kier alpha value is -3.04. The summed E-state index contributed by atoms with van der Waals surface area (Å²) in [5.41, 5.74) is 5.49. The second-order valence-corrected chi connectivity index (χ2v) is 10.6. The number of rotatable bonds is 8. The van der Waals surface area contributed by atoms with Crippen LogP contribution in [0, 0.1) is 20.8 Å². The van der Waals surface area contributed by atoms with Gasteiger partial charge in [-0.1, -0.05) is 49.1 Å². The minimum absolute atomic E-state index is 0.149. The molecule has 1 aliphatic rings. The molecule has 0 unspecified atom stereocenters. The third-order valence-electron chi connectivity index (χ3n) is 6.01. The standard InChI is InChI=1S/C25H31N3O5S/c1-17-13-18(2)24(19(3)14-17)34(32,33)28(22-7-5-4-6-8-22)16-23(29)27-26-15-20-9-11-21(12-10-20)25(30)31/h9-15,22H,4-8,16H2,1-3H3,(H,27,29)(H,30,31). The molecule has 1 aliphatic carbocycles. The van der Waals surface area contributed by atoms with E-state index in [9.17, 15) is 18.0 Å². The molecular formula is C25H31N3O5S. The Labute approximate surface area is 200 Å². The molecule has 0 atom stereocenters. The summed E-state index contributed by atoms with van der Waals surface area (Å²) >= 11 is 0. The van der Waals surface area contributed by atoms with Crippen LogP contribution in [0.5, 0.6) is 0 Å². The van der Waals surface area contributed by atoms with E-state index in [4.69, 9.17) is 5.11 Å². The SMILES string of the molecule is Cc1cc(C)c(S(=O)(=O)N(CC(=O)NN=Cc2ccc(C(=O)O)cc2)C2CCCCC2)c(C)c1. The van der Waals surface area contributed by atoms with Gasteiger partial charge in [-0.25, -0.2) is 18.6 Å². The smallest absolute Gasteiger partial charge is 0.335 e. The van der Waals surface area contributed by atoms with Crippen LogP contribution < -0.4 is 5.43 Å². The Morgan fingerprint density at radius 3 is 2.21 bits per heavy atom. The first kappa shape index (κ1) is 25.6. The summed E-state index contributed by atoms with van der Waals surface area (Å²) in [5, 5.41) is 12.9. The van der Waals surface area contributed by atoms with Crippen LogP contribution in [0.4, 0.5) is 0 Å². The molecule has 0 aliphatic heterocycles. The van der Waals surface area contributed by atoms with Crippen molar-refractivity contribution in [3.8, 4) is 0 Å². The molecule has 0 saturated heterocycles. The van der Waals surface area contributed by atoms with Gasteiger partial charge >= 0.3 is 5.97 Å². The normalized spacial score (nSPS) is 15.1. The molecule has 8 nitrogen and oxygen atoms in total. The molecule has 9 heteroatoms. The van der Waals surface area contributed by atoms with Gasteiger partial charge in [-0.15, -0.1) is 0 Å². The Balaban J connectivity index is 1.80. The number of hydrogen-bond acceptors (Lipinski definition) is 5. The van der Waals surface area contributed by atoms with E-state index >= 15 is 0 Å². The van der Waals surface area contributed by atoms with Gasteiger partial charge in [-0.3, -0.25) is 4.79 Å². The van der Waals surface area contributed by atoms with Crippen molar-refractivity contribution in [2.45, 2.75) is 63.8 Å². The molecule has 0 radical (unpaired) electrons. The maximum absolute atomic E-state index is 13.8. The first-order valence-electron chi connectivity index (χ1n) is 11.3. The molecule has 0 aromatic heterocycles. The highest BCUT2D eigenvalue weighted by Gasteiger charge is 2.35. The third-order valence-corrected chi connectivity index (χ3v) is 8.22. The molecule has 0 bridgehead atoms. The number of nitrogens with zero attached hydrogens (tertiary/aromatic N) is 2. The van der Waals surface area contributed by atoms with Crippen LogP contribution in [0.2, 0.25) is 0 Å². The first-order valence-corrected chi connectivity index (χ1v) is 12.8. The van der Waals surface area contributed by atoms with Crippen molar-refractivity contribution in [3.63, 3.8) is 0 Å². The topological polar surface area (TPSA) is 116 Å². The van der Waals surface area contributed by atoms with E-state index in [0.717, 1.165) is 37.7 Å². The number of carbonyl (C=O) groups is 2. The van der Waals surface area contributed by atoms with Gasteiger partial charge in [0.15, 0.2) is 0 Å². The molecule has 1 amide bonds. The fourth-order valence-corrected chi connectivity index (χ4v) is 6.59. The number of carboxylic acids is 1. The van der Waals surface area contributed by atoms with E-state index in [2.05, 4.69) is 10.5 Å². The van der Waals surface area contributed by atoms with E-state index in [-0.39, 0.29) is 23.0 Å². The predicted octanol–water partition coefficient (Wildman–Crippen LogP) is 3.78. The van der Waals surface area contributed by atoms with Crippen molar-refractivity contribution in [1.82, 2.24) is 9.73 Å². The summed E-state index contributed by atoms with van der Waals surface area (Å²) in [6.45, 7) is 5.17. The van der Waals surface area contributed by atoms with Gasteiger partial charge in [-0.2, -0.15) is 9.41 Å². The number of hydrazone groups is 1. The lowest BCUT2D eigenvalue weighted by Gasteiger charge is -2.33.